The third kappa shape index (κ3) is 2.06. The van der Waals surface area contributed by atoms with Crippen molar-refractivity contribution in [1.82, 2.24) is 4.98 Å². The molecule has 5 nitrogen and oxygen atoms in total. The highest BCUT2D eigenvalue weighted by atomic mass is 16.4. The first-order valence-corrected chi connectivity index (χ1v) is 5.14. The number of pyridine rings is 1. The molecule has 0 atom stereocenters. The summed E-state index contributed by atoms with van der Waals surface area (Å²) in [6.07, 6.45) is 0.519. The number of carboxylic acids is 1. The molecule has 18 heavy (non-hydrogen) atoms. The van der Waals surface area contributed by atoms with Crippen LogP contribution < -0.4 is 5.56 Å². The predicted molar refractivity (Wildman–Crippen MR) is 64.8 cm³/mol. The average Bonchev–Trinajstić information content (AvgIpc) is 2.39. The molecule has 5 heteroatoms. The van der Waals surface area contributed by atoms with Crippen LogP contribution in [0.2, 0.25) is 0 Å². The largest absolute Gasteiger partial charge is 0.477 e. The number of aldehydes is 1. The van der Waals surface area contributed by atoms with E-state index in [2.05, 4.69) is 4.98 Å². The summed E-state index contributed by atoms with van der Waals surface area (Å²) in [5.41, 5.74) is -0.0730. The van der Waals surface area contributed by atoms with Crippen molar-refractivity contribution in [3.8, 4) is 11.3 Å². The molecule has 0 radical (unpaired) electrons. The van der Waals surface area contributed by atoms with Gasteiger partial charge in [-0.1, -0.05) is 30.3 Å². The van der Waals surface area contributed by atoms with Gasteiger partial charge in [-0.05, 0) is 11.6 Å². The molecule has 0 bridgehead atoms. The van der Waals surface area contributed by atoms with E-state index in [9.17, 15) is 14.4 Å². The van der Waals surface area contributed by atoms with Crippen LogP contribution in [0.4, 0.5) is 0 Å². The van der Waals surface area contributed by atoms with E-state index in [0.29, 0.717) is 17.5 Å². The summed E-state index contributed by atoms with van der Waals surface area (Å²) in [6.45, 7) is 0. The van der Waals surface area contributed by atoms with Gasteiger partial charge in [0.05, 0.1) is 5.69 Å². The molecule has 2 N–H and O–H groups in total. The molecule has 0 fully saturated rings. The molecule has 0 aliphatic rings. The molecular formula is C13H9NO4. The summed E-state index contributed by atoms with van der Waals surface area (Å²) in [5, 5.41) is 8.81. The van der Waals surface area contributed by atoms with Crippen molar-refractivity contribution >= 4 is 12.3 Å². The molecular weight excluding hydrogens is 234 g/mol. The lowest BCUT2D eigenvalue weighted by Crippen LogP contribution is -2.19. The van der Waals surface area contributed by atoms with Crippen LogP contribution in [-0.2, 0) is 0 Å². The predicted octanol–water partition coefficient (Wildman–Crippen LogP) is 1.55. The molecule has 90 valence electrons. The van der Waals surface area contributed by atoms with Crippen molar-refractivity contribution in [3.05, 3.63) is 57.9 Å². The maximum atomic E-state index is 11.6. The van der Waals surface area contributed by atoms with Gasteiger partial charge in [-0.15, -0.1) is 0 Å². The van der Waals surface area contributed by atoms with Gasteiger partial charge in [-0.25, -0.2) is 4.79 Å². The maximum absolute atomic E-state index is 11.6. The minimum Gasteiger partial charge on any atom is -0.477 e. The number of aromatic amines is 1. The lowest BCUT2D eigenvalue weighted by atomic mass is 10.0. The Bertz CT molecular complexity index is 658. The van der Waals surface area contributed by atoms with Gasteiger partial charge in [0.2, 0.25) is 0 Å². The van der Waals surface area contributed by atoms with Gasteiger partial charge in [0.25, 0.3) is 5.56 Å². The van der Waals surface area contributed by atoms with Crippen LogP contribution in [-0.4, -0.2) is 22.3 Å². The minimum atomic E-state index is -1.36. The number of carbonyl (C=O) groups excluding carboxylic acids is 1. The van der Waals surface area contributed by atoms with Crippen LogP contribution in [0.25, 0.3) is 11.3 Å². The quantitative estimate of drug-likeness (QED) is 0.800. The van der Waals surface area contributed by atoms with E-state index in [1.165, 1.54) is 0 Å². The molecule has 0 spiro atoms. The fourth-order valence-electron chi connectivity index (χ4n) is 1.64. The first-order valence-electron chi connectivity index (χ1n) is 5.14. The molecule has 0 aliphatic carbocycles. The van der Waals surface area contributed by atoms with E-state index in [1.54, 1.807) is 30.3 Å². The number of carboxylic acid groups (broad SMARTS) is 1. The molecule has 1 heterocycles. The topological polar surface area (TPSA) is 87.2 Å². The number of aromatic nitrogens is 1. The monoisotopic (exact) mass is 243 g/mol. The van der Waals surface area contributed by atoms with Crippen molar-refractivity contribution in [1.29, 1.82) is 0 Å². The van der Waals surface area contributed by atoms with Crippen molar-refractivity contribution in [2.75, 3.05) is 0 Å². The van der Waals surface area contributed by atoms with Gasteiger partial charge in [-0.3, -0.25) is 9.59 Å². The Morgan fingerprint density at radius 2 is 1.89 bits per heavy atom. The van der Waals surface area contributed by atoms with Crippen LogP contribution >= 0.6 is 0 Å². The normalized spacial score (nSPS) is 10.0. The molecule has 0 unspecified atom stereocenters. The van der Waals surface area contributed by atoms with Crippen molar-refractivity contribution < 1.29 is 14.7 Å². The molecule has 0 aliphatic heterocycles. The fourth-order valence-corrected chi connectivity index (χ4v) is 1.64. The third-order valence-corrected chi connectivity index (χ3v) is 2.49. The summed E-state index contributed by atoms with van der Waals surface area (Å²) in [4.78, 5) is 35.8. The number of H-pyrrole nitrogens is 1. The standard InChI is InChI=1S/C13H9NO4/c15-7-9-6-10(13(17)18)12(16)14-11(9)8-4-2-1-3-5-8/h1-7H,(H,14,16)(H,17,18). The number of carbonyl (C=O) groups is 2. The molecule has 0 amide bonds. The van der Waals surface area contributed by atoms with Crippen LogP contribution in [0.3, 0.4) is 0 Å². The summed E-state index contributed by atoms with van der Waals surface area (Å²) in [7, 11) is 0. The highest BCUT2D eigenvalue weighted by Gasteiger charge is 2.14. The second kappa shape index (κ2) is 4.67. The maximum Gasteiger partial charge on any atom is 0.341 e. The Hall–Kier alpha value is -2.69. The van der Waals surface area contributed by atoms with Gasteiger partial charge in [-0.2, -0.15) is 0 Å². The zero-order valence-corrected chi connectivity index (χ0v) is 9.21. The third-order valence-electron chi connectivity index (χ3n) is 2.49. The van der Waals surface area contributed by atoms with E-state index in [-0.39, 0.29) is 5.56 Å². The van der Waals surface area contributed by atoms with Gasteiger partial charge in [0.1, 0.15) is 5.56 Å². The summed E-state index contributed by atoms with van der Waals surface area (Å²) in [5.74, 6) is -1.36. The SMILES string of the molecule is O=Cc1cc(C(=O)O)c(=O)[nH]c1-c1ccccc1. The summed E-state index contributed by atoms with van der Waals surface area (Å²) in [6, 6.07) is 9.84. The van der Waals surface area contributed by atoms with Gasteiger partial charge in [0, 0.05) is 5.56 Å². The van der Waals surface area contributed by atoms with E-state index in [1.807, 2.05) is 0 Å². The van der Waals surface area contributed by atoms with Crippen molar-refractivity contribution in [3.63, 3.8) is 0 Å². The zero-order valence-electron chi connectivity index (χ0n) is 9.21. The molecule has 1 aromatic carbocycles. The van der Waals surface area contributed by atoms with E-state index < -0.39 is 17.1 Å². The molecule has 1 aromatic heterocycles. The lowest BCUT2D eigenvalue weighted by Gasteiger charge is -2.05. The smallest absolute Gasteiger partial charge is 0.341 e. The van der Waals surface area contributed by atoms with E-state index in [4.69, 9.17) is 5.11 Å². The van der Waals surface area contributed by atoms with Crippen LogP contribution in [0, 0.1) is 0 Å². The summed E-state index contributed by atoms with van der Waals surface area (Å²) >= 11 is 0. The highest BCUT2D eigenvalue weighted by Crippen LogP contribution is 2.19. The van der Waals surface area contributed by atoms with Crippen LogP contribution in [0.5, 0.6) is 0 Å². The number of aromatic carboxylic acids is 1. The number of nitrogens with one attached hydrogen (secondary N) is 1. The minimum absolute atomic E-state index is 0.137. The molecule has 0 saturated heterocycles. The summed E-state index contributed by atoms with van der Waals surface area (Å²) < 4.78 is 0. The van der Waals surface area contributed by atoms with Crippen molar-refractivity contribution in [2.24, 2.45) is 0 Å². The van der Waals surface area contributed by atoms with Crippen LogP contribution in [0.15, 0.2) is 41.2 Å². The number of benzene rings is 1. The lowest BCUT2D eigenvalue weighted by molar-refractivity contribution is 0.0695. The average molecular weight is 243 g/mol. The highest BCUT2D eigenvalue weighted by molar-refractivity contribution is 5.92. The second-order valence-electron chi connectivity index (χ2n) is 3.63. The van der Waals surface area contributed by atoms with Crippen molar-refractivity contribution in [2.45, 2.75) is 0 Å². The Morgan fingerprint density at radius 1 is 1.22 bits per heavy atom. The molecule has 0 saturated carbocycles. The van der Waals surface area contributed by atoms with Crippen LogP contribution in [0.1, 0.15) is 20.7 Å². The Balaban J connectivity index is 2.70. The van der Waals surface area contributed by atoms with E-state index in [0.717, 1.165) is 6.07 Å². The van der Waals surface area contributed by atoms with Gasteiger partial charge in [0.15, 0.2) is 6.29 Å². The number of hydrogen-bond donors (Lipinski definition) is 2. The van der Waals surface area contributed by atoms with E-state index >= 15 is 0 Å². The number of hydrogen-bond acceptors (Lipinski definition) is 3. The fraction of sp³-hybridized carbons (Fsp3) is 0. The molecule has 2 aromatic rings. The molecule has 2 rings (SSSR count). The van der Waals surface area contributed by atoms with Gasteiger partial charge >= 0.3 is 5.97 Å². The second-order valence-corrected chi connectivity index (χ2v) is 3.63. The number of rotatable bonds is 3. The zero-order chi connectivity index (χ0) is 13.1. The Kier molecular flexibility index (Phi) is 3.05. The van der Waals surface area contributed by atoms with Gasteiger partial charge < -0.3 is 10.1 Å². The Morgan fingerprint density at radius 3 is 2.44 bits per heavy atom. The Labute approximate surface area is 102 Å². The first-order chi connectivity index (χ1) is 8.63. The first kappa shape index (κ1) is 11.8.